The molecule has 0 spiro atoms. The summed E-state index contributed by atoms with van der Waals surface area (Å²) in [5.41, 5.74) is 1.62. The van der Waals surface area contributed by atoms with E-state index in [2.05, 4.69) is 19.2 Å². The van der Waals surface area contributed by atoms with Gasteiger partial charge >= 0.3 is 0 Å². The molecule has 0 saturated heterocycles. The number of aromatic nitrogens is 1. The zero-order valence-corrected chi connectivity index (χ0v) is 13.1. The minimum atomic E-state index is 0.204. The minimum absolute atomic E-state index is 0.204. The first-order valence-corrected chi connectivity index (χ1v) is 8.83. The summed E-state index contributed by atoms with van der Waals surface area (Å²) in [4.78, 5) is 6.59. The minimum Gasteiger partial charge on any atom is -0.306 e. The molecule has 1 N–H and O–H groups in total. The maximum absolute atomic E-state index is 5.01. The summed E-state index contributed by atoms with van der Waals surface area (Å²) in [6.45, 7) is 5.62. The number of nitrogens with one attached hydrogen (secondary N) is 1. The van der Waals surface area contributed by atoms with Crippen LogP contribution in [0, 0.1) is 5.92 Å². The van der Waals surface area contributed by atoms with Crippen LogP contribution < -0.4 is 5.32 Å². The van der Waals surface area contributed by atoms with Crippen LogP contribution in [0.2, 0.25) is 0 Å². The van der Waals surface area contributed by atoms with Gasteiger partial charge in [-0.2, -0.15) is 0 Å². The van der Waals surface area contributed by atoms with Gasteiger partial charge in [0, 0.05) is 4.88 Å². The molecule has 0 aromatic carbocycles. The zero-order chi connectivity index (χ0) is 13.3. The topological polar surface area (TPSA) is 24.9 Å². The van der Waals surface area contributed by atoms with Crippen LogP contribution in [0.3, 0.4) is 0 Å². The Morgan fingerprint density at radius 1 is 1.26 bits per heavy atom. The van der Waals surface area contributed by atoms with Crippen LogP contribution in [0.25, 0.3) is 0 Å². The second-order valence-electron chi connectivity index (χ2n) is 6.21. The maximum Gasteiger partial charge on any atom is 0.113 e. The number of hydrogen-bond acceptors (Lipinski definition) is 3. The summed E-state index contributed by atoms with van der Waals surface area (Å²) in [7, 11) is 0. The average molecular weight is 278 g/mol. The van der Waals surface area contributed by atoms with Crippen molar-refractivity contribution in [3.05, 3.63) is 15.6 Å². The van der Waals surface area contributed by atoms with Crippen molar-refractivity contribution in [2.45, 2.75) is 70.8 Å². The third kappa shape index (κ3) is 2.47. The fraction of sp³-hybridized carbons (Fsp3) is 0.812. The van der Waals surface area contributed by atoms with E-state index >= 15 is 0 Å². The van der Waals surface area contributed by atoms with Crippen molar-refractivity contribution in [2.24, 2.45) is 5.92 Å². The summed E-state index contributed by atoms with van der Waals surface area (Å²) < 4.78 is 0. The summed E-state index contributed by atoms with van der Waals surface area (Å²) in [5, 5.41) is 5.19. The van der Waals surface area contributed by atoms with Crippen LogP contribution in [0.4, 0.5) is 0 Å². The highest BCUT2D eigenvalue weighted by molar-refractivity contribution is 7.12. The Bertz CT molecular complexity index is 408. The summed E-state index contributed by atoms with van der Waals surface area (Å²) >= 11 is 2.00. The van der Waals surface area contributed by atoms with Gasteiger partial charge < -0.3 is 5.32 Å². The first kappa shape index (κ1) is 13.6. The van der Waals surface area contributed by atoms with Gasteiger partial charge in [-0.3, -0.25) is 0 Å². The molecule has 19 heavy (non-hydrogen) atoms. The molecule has 2 nitrogen and oxygen atoms in total. The molecule has 106 valence electrons. The Morgan fingerprint density at radius 3 is 2.68 bits per heavy atom. The fourth-order valence-corrected chi connectivity index (χ4v) is 5.15. The van der Waals surface area contributed by atoms with Gasteiger partial charge in [0.25, 0.3) is 0 Å². The molecule has 2 aliphatic rings. The Balaban J connectivity index is 1.83. The highest BCUT2D eigenvalue weighted by atomic mass is 32.1. The molecule has 1 aromatic rings. The Hall–Kier alpha value is -0.410. The molecule has 0 aliphatic heterocycles. The molecule has 0 unspecified atom stereocenters. The number of thiazole rings is 1. The predicted molar refractivity (Wildman–Crippen MR) is 81.7 cm³/mol. The van der Waals surface area contributed by atoms with Crippen molar-refractivity contribution in [3.63, 3.8) is 0 Å². The standard InChI is InChI=1S/C16H26N2S/c1-3-12-8-10-16(11-9-12,17-4-2)15-18-13-6-5-7-14(13)19-15/h12,17H,3-11H2,1-2H3. The molecule has 0 radical (unpaired) electrons. The lowest BCUT2D eigenvalue weighted by Gasteiger charge is -2.39. The van der Waals surface area contributed by atoms with Crippen LogP contribution in [0.1, 0.15) is 68.0 Å². The van der Waals surface area contributed by atoms with Crippen molar-refractivity contribution < 1.29 is 0 Å². The van der Waals surface area contributed by atoms with Gasteiger partial charge in [-0.25, -0.2) is 4.98 Å². The molecule has 2 aliphatic carbocycles. The Kier molecular flexibility index (Phi) is 3.95. The molecule has 3 rings (SSSR count). The number of rotatable bonds is 4. The summed E-state index contributed by atoms with van der Waals surface area (Å²) in [5.74, 6) is 0.943. The monoisotopic (exact) mass is 278 g/mol. The largest absolute Gasteiger partial charge is 0.306 e. The van der Waals surface area contributed by atoms with Crippen LogP contribution >= 0.6 is 11.3 Å². The van der Waals surface area contributed by atoms with E-state index in [4.69, 9.17) is 4.98 Å². The van der Waals surface area contributed by atoms with Gasteiger partial charge in [-0.15, -0.1) is 11.3 Å². The van der Waals surface area contributed by atoms with Crippen molar-refractivity contribution >= 4 is 11.3 Å². The van der Waals surface area contributed by atoms with Crippen LogP contribution in [0.15, 0.2) is 0 Å². The molecular weight excluding hydrogens is 252 g/mol. The van der Waals surface area contributed by atoms with Gasteiger partial charge in [0.05, 0.1) is 11.2 Å². The van der Waals surface area contributed by atoms with Gasteiger partial charge in [-0.1, -0.05) is 20.3 Å². The molecule has 1 aromatic heterocycles. The summed E-state index contributed by atoms with van der Waals surface area (Å²) in [6, 6.07) is 0. The van der Waals surface area contributed by atoms with Gasteiger partial charge in [-0.05, 0) is 57.4 Å². The van der Waals surface area contributed by atoms with E-state index in [-0.39, 0.29) is 5.54 Å². The van der Waals surface area contributed by atoms with Gasteiger partial charge in [0.2, 0.25) is 0 Å². The normalized spacial score (nSPS) is 30.5. The molecule has 0 atom stereocenters. The third-order valence-corrected chi connectivity index (χ3v) is 6.42. The van der Waals surface area contributed by atoms with E-state index in [1.54, 1.807) is 4.88 Å². The van der Waals surface area contributed by atoms with Crippen LogP contribution in [-0.2, 0) is 18.4 Å². The van der Waals surface area contributed by atoms with Crippen LogP contribution in [0.5, 0.6) is 0 Å². The van der Waals surface area contributed by atoms with Gasteiger partial charge in [0.15, 0.2) is 0 Å². The number of aryl methyl sites for hydroxylation is 2. The van der Waals surface area contributed by atoms with Crippen molar-refractivity contribution in [1.29, 1.82) is 0 Å². The first-order valence-electron chi connectivity index (χ1n) is 8.01. The lowest BCUT2D eigenvalue weighted by atomic mass is 9.76. The lowest BCUT2D eigenvalue weighted by molar-refractivity contribution is 0.187. The number of hydrogen-bond donors (Lipinski definition) is 1. The lowest BCUT2D eigenvalue weighted by Crippen LogP contribution is -2.45. The predicted octanol–water partition coefficient (Wildman–Crippen LogP) is 4.04. The SMILES string of the molecule is CCNC1(c2nc3c(s2)CCC3)CCC(CC)CC1. The number of fused-ring (bicyclic) bond motifs is 1. The second-order valence-corrected chi connectivity index (χ2v) is 7.29. The molecule has 0 bridgehead atoms. The van der Waals surface area contributed by atoms with E-state index in [1.807, 2.05) is 11.3 Å². The van der Waals surface area contributed by atoms with Crippen molar-refractivity contribution in [3.8, 4) is 0 Å². The van der Waals surface area contributed by atoms with Crippen molar-refractivity contribution in [2.75, 3.05) is 6.54 Å². The zero-order valence-electron chi connectivity index (χ0n) is 12.3. The highest BCUT2D eigenvalue weighted by Gasteiger charge is 2.39. The fourth-order valence-electron chi connectivity index (χ4n) is 3.78. The van der Waals surface area contributed by atoms with Crippen LogP contribution in [-0.4, -0.2) is 11.5 Å². The molecule has 0 amide bonds. The third-order valence-electron chi connectivity index (χ3n) is 5.06. The smallest absolute Gasteiger partial charge is 0.113 e. The Morgan fingerprint density at radius 2 is 2.05 bits per heavy atom. The molecule has 1 heterocycles. The number of nitrogens with zero attached hydrogens (tertiary/aromatic N) is 1. The maximum atomic E-state index is 5.01. The summed E-state index contributed by atoms with van der Waals surface area (Å²) in [6.07, 6.45) is 10.5. The molecule has 1 saturated carbocycles. The van der Waals surface area contributed by atoms with Crippen molar-refractivity contribution in [1.82, 2.24) is 10.3 Å². The average Bonchev–Trinajstić information content (AvgIpc) is 3.01. The van der Waals surface area contributed by atoms with E-state index in [0.717, 1.165) is 12.5 Å². The second kappa shape index (κ2) is 5.53. The first-order chi connectivity index (χ1) is 9.27. The molecule has 3 heteroatoms. The molecular formula is C16H26N2S. The van der Waals surface area contributed by atoms with E-state index in [9.17, 15) is 0 Å². The Labute approximate surface area is 121 Å². The van der Waals surface area contributed by atoms with E-state index < -0.39 is 0 Å². The van der Waals surface area contributed by atoms with E-state index in [1.165, 1.54) is 62.1 Å². The van der Waals surface area contributed by atoms with E-state index in [0.29, 0.717) is 0 Å². The highest BCUT2D eigenvalue weighted by Crippen LogP contribution is 2.43. The van der Waals surface area contributed by atoms with Gasteiger partial charge in [0.1, 0.15) is 5.01 Å². The molecule has 1 fully saturated rings. The quantitative estimate of drug-likeness (QED) is 0.899.